The minimum absolute atomic E-state index is 0.566. The van der Waals surface area contributed by atoms with Crippen LogP contribution in [-0.4, -0.2) is 19.2 Å². The molecule has 4 nitrogen and oxygen atoms in total. The minimum Gasteiger partial charge on any atom is -0.497 e. The Bertz CT molecular complexity index is 564. The van der Waals surface area contributed by atoms with E-state index < -0.39 is 0 Å². The van der Waals surface area contributed by atoms with Crippen molar-refractivity contribution in [1.29, 1.82) is 0 Å². The average molecular weight is 262 g/mol. The second-order valence-corrected chi connectivity index (χ2v) is 4.44. The van der Waals surface area contributed by atoms with E-state index in [0.717, 1.165) is 22.8 Å². The normalized spacial score (nSPS) is 10.8. The number of hydrogen-bond acceptors (Lipinski definition) is 5. The summed E-state index contributed by atoms with van der Waals surface area (Å²) in [7, 11) is 3.26. The van der Waals surface area contributed by atoms with Crippen LogP contribution in [0.2, 0.25) is 0 Å². The molecule has 0 aliphatic carbocycles. The monoisotopic (exact) mass is 262 g/mol. The summed E-state index contributed by atoms with van der Waals surface area (Å²) in [6, 6.07) is 5.66. The summed E-state index contributed by atoms with van der Waals surface area (Å²) in [5.74, 6) is 1.52. The first kappa shape index (κ1) is 12.4. The van der Waals surface area contributed by atoms with E-state index in [9.17, 15) is 0 Å². The molecule has 0 amide bonds. The molecule has 0 saturated carbocycles. The molecule has 2 aromatic rings. The standard InChI is InChI=1S/C13H14N2O2S/c1-16-11-6-4-9(12(7-11)17-2)3-5-10-8-18-13(14)15-10/h3-8H,1-2H3,(H2,14,15). The van der Waals surface area contributed by atoms with E-state index in [1.54, 1.807) is 14.2 Å². The van der Waals surface area contributed by atoms with Crippen LogP contribution in [0.25, 0.3) is 12.2 Å². The van der Waals surface area contributed by atoms with Crippen molar-refractivity contribution in [3.63, 3.8) is 0 Å². The van der Waals surface area contributed by atoms with Crippen LogP contribution in [0.4, 0.5) is 5.13 Å². The predicted octanol–water partition coefficient (Wildman–Crippen LogP) is 2.91. The van der Waals surface area contributed by atoms with Crippen LogP contribution in [0.5, 0.6) is 11.5 Å². The van der Waals surface area contributed by atoms with Crippen molar-refractivity contribution in [3.8, 4) is 11.5 Å². The molecule has 0 radical (unpaired) electrons. The predicted molar refractivity (Wildman–Crippen MR) is 75.0 cm³/mol. The number of rotatable bonds is 4. The third-order valence-corrected chi connectivity index (χ3v) is 3.11. The molecule has 0 fully saturated rings. The largest absolute Gasteiger partial charge is 0.497 e. The zero-order chi connectivity index (χ0) is 13.0. The number of anilines is 1. The van der Waals surface area contributed by atoms with Crippen molar-refractivity contribution in [1.82, 2.24) is 4.98 Å². The molecule has 0 saturated heterocycles. The number of benzene rings is 1. The number of aromatic nitrogens is 1. The van der Waals surface area contributed by atoms with Crippen molar-refractivity contribution in [2.45, 2.75) is 0 Å². The van der Waals surface area contributed by atoms with Crippen LogP contribution < -0.4 is 15.2 Å². The highest BCUT2D eigenvalue weighted by Crippen LogP contribution is 2.26. The van der Waals surface area contributed by atoms with Crippen molar-refractivity contribution in [2.24, 2.45) is 0 Å². The average Bonchev–Trinajstić information content (AvgIpc) is 2.82. The van der Waals surface area contributed by atoms with Gasteiger partial charge in [-0.05, 0) is 24.3 Å². The van der Waals surface area contributed by atoms with Gasteiger partial charge in [0.05, 0.1) is 19.9 Å². The molecule has 0 bridgehead atoms. The molecular weight excluding hydrogens is 248 g/mol. The second kappa shape index (κ2) is 5.55. The lowest BCUT2D eigenvalue weighted by Gasteiger charge is -2.06. The van der Waals surface area contributed by atoms with E-state index in [0.29, 0.717) is 5.13 Å². The number of hydrogen-bond donors (Lipinski definition) is 1. The number of nitrogen functional groups attached to an aromatic ring is 1. The summed E-state index contributed by atoms with van der Waals surface area (Å²) in [5, 5.41) is 2.47. The van der Waals surface area contributed by atoms with Gasteiger partial charge in [0, 0.05) is 17.0 Å². The Morgan fingerprint density at radius 1 is 1.22 bits per heavy atom. The first-order chi connectivity index (χ1) is 8.72. The number of methoxy groups -OCH3 is 2. The Kier molecular flexibility index (Phi) is 3.84. The zero-order valence-corrected chi connectivity index (χ0v) is 11.0. The highest BCUT2D eigenvalue weighted by molar-refractivity contribution is 7.13. The molecule has 0 aliphatic heterocycles. The van der Waals surface area contributed by atoms with Crippen LogP contribution >= 0.6 is 11.3 Å². The van der Waals surface area contributed by atoms with Gasteiger partial charge in [-0.15, -0.1) is 11.3 Å². The molecule has 2 N–H and O–H groups in total. The second-order valence-electron chi connectivity index (χ2n) is 3.55. The van der Waals surface area contributed by atoms with Gasteiger partial charge in [-0.2, -0.15) is 0 Å². The van der Waals surface area contributed by atoms with E-state index in [4.69, 9.17) is 15.2 Å². The van der Waals surface area contributed by atoms with Gasteiger partial charge in [-0.25, -0.2) is 4.98 Å². The topological polar surface area (TPSA) is 57.4 Å². The summed E-state index contributed by atoms with van der Waals surface area (Å²) in [6.07, 6.45) is 3.84. The molecule has 0 unspecified atom stereocenters. The van der Waals surface area contributed by atoms with Gasteiger partial charge in [0.1, 0.15) is 11.5 Å². The zero-order valence-electron chi connectivity index (χ0n) is 10.2. The third-order valence-electron chi connectivity index (χ3n) is 2.41. The van der Waals surface area contributed by atoms with Gasteiger partial charge in [0.15, 0.2) is 5.13 Å². The highest BCUT2D eigenvalue weighted by Gasteiger charge is 2.02. The Labute approximate surface area is 110 Å². The molecule has 94 valence electrons. The summed E-state index contributed by atoms with van der Waals surface area (Å²) in [6.45, 7) is 0. The Hall–Kier alpha value is -2.01. The van der Waals surface area contributed by atoms with Crippen molar-refractivity contribution in [3.05, 3.63) is 34.8 Å². The molecule has 18 heavy (non-hydrogen) atoms. The summed E-state index contributed by atoms with van der Waals surface area (Å²) in [4.78, 5) is 4.16. The van der Waals surface area contributed by atoms with Crippen molar-refractivity contribution >= 4 is 28.6 Å². The van der Waals surface area contributed by atoms with Crippen LogP contribution in [0.3, 0.4) is 0 Å². The third kappa shape index (κ3) is 2.81. The van der Waals surface area contributed by atoms with Crippen LogP contribution in [0.1, 0.15) is 11.3 Å². The number of thiazole rings is 1. The SMILES string of the molecule is COc1ccc(C=Cc2csc(N)n2)c(OC)c1. The fourth-order valence-corrected chi connectivity index (χ4v) is 2.04. The molecule has 1 aromatic carbocycles. The van der Waals surface area contributed by atoms with Crippen LogP contribution in [-0.2, 0) is 0 Å². The molecule has 1 heterocycles. The van der Waals surface area contributed by atoms with Crippen molar-refractivity contribution < 1.29 is 9.47 Å². The number of ether oxygens (including phenoxy) is 2. The van der Waals surface area contributed by atoms with E-state index in [1.165, 1.54) is 11.3 Å². The van der Waals surface area contributed by atoms with Crippen LogP contribution in [0, 0.1) is 0 Å². The minimum atomic E-state index is 0.566. The lowest BCUT2D eigenvalue weighted by atomic mass is 10.1. The maximum absolute atomic E-state index is 5.57. The first-order valence-electron chi connectivity index (χ1n) is 5.34. The molecule has 5 heteroatoms. The van der Waals surface area contributed by atoms with E-state index in [2.05, 4.69) is 4.98 Å². The van der Waals surface area contributed by atoms with E-state index in [-0.39, 0.29) is 0 Å². The molecule has 0 atom stereocenters. The smallest absolute Gasteiger partial charge is 0.180 e. The maximum Gasteiger partial charge on any atom is 0.180 e. The Morgan fingerprint density at radius 3 is 2.67 bits per heavy atom. The van der Waals surface area contributed by atoms with Gasteiger partial charge in [-0.3, -0.25) is 0 Å². The highest BCUT2D eigenvalue weighted by atomic mass is 32.1. The Balaban J connectivity index is 2.25. The van der Waals surface area contributed by atoms with Gasteiger partial charge >= 0.3 is 0 Å². The summed E-state index contributed by atoms with van der Waals surface area (Å²) < 4.78 is 10.5. The maximum atomic E-state index is 5.57. The van der Waals surface area contributed by atoms with Gasteiger partial charge < -0.3 is 15.2 Å². The Morgan fingerprint density at radius 2 is 2.06 bits per heavy atom. The molecule has 2 rings (SSSR count). The molecular formula is C13H14N2O2S. The van der Waals surface area contributed by atoms with Gasteiger partial charge in [-0.1, -0.05) is 0 Å². The number of nitrogens with two attached hydrogens (primary N) is 1. The first-order valence-corrected chi connectivity index (χ1v) is 6.22. The van der Waals surface area contributed by atoms with E-state index >= 15 is 0 Å². The summed E-state index contributed by atoms with van der Waals surface area (Å²) in [5.41, 5.74) is 7.38. The fraction of sp³-hybridized carbons (Fsp3) is 0.154. The van der Waals surface area contributed by atoms with Crippen LogP contribution in [0.15, 0.2) is 23.6 Å². The van der Waals surface area contributed by atoms with Crippen molar-refractivity contribution in [2.75, 3.05) is 20.0 Å². The molecule has 0 spiro atoms. The quantitative estimate of drug-likeness (QED) is 0.920. The number of nitrogens with zero attached hydrogens (tertiary/aromatic N) is 1. The van der Waals surface area contributed by atoms with E-state index in [1.807, 2.05) is 35.7 Å². The molecule has 0 aliphatic rings. The van der Waals surface area contributed by atoms with Gasteiger partial charge in [0.2, 0.25) is 0 Å². The lowest BCUT2D eigenvalue weighted by molar-refractivity contribution is 0.394. The fourth-order valence-electron chi connectivity index (χ4n) is 1.51. The molecule has 1 aromatic heterocycles. The van der Waals surface area contributed by atoms with Gasteiger partial charge in [0.25, 0.3) is 0 Å². The lowest BCUT2D eigenvalue weighted by Crippen LogP contribution is -1.89. The summed E-state index contributed by atoms with van der Waals surface area (Å²) >= 11 is 1.42.